The predicted octanol–water partition coefficient (Wildman–Crippen LogP) is 0.127. The Morgan fingerprint density at radius 1 is 1.50 bits per heavy atom. The number of carbonyl (C=O) groups is 1. The van der Waals surface area contributed by atoms with Crippen LogP contribution >= 0.6 is 0 Å². The Kier molecular flexibility index (Phi) is 2.16. The molecule has 1 N–H and O–H groups in total. The van der Waals surface area contributed by atoms with Gasteiger partial charge in [-0.3, -0.25) is 14.9 Å². The number of carbonyl (C=O) groups excluding carboxylic acids is 1. The van der Waals surface area contributed by atoms with Gasteiger partial charge in [-0.15, -0.1) is 0 Å². The molecule has 1 heterocycles. The van der Waals surface area contributed by atoms with Crippen molar-refractivity contribution in [2.45, 2.75) is 5.60 Å². The van der Waals surface area contributed by atoms with E-state index in [2.05, 4.69) is 0 Å². The summed E-state index contributed by atoms with van der Waals surface area (Å²) in [4.78, 5) is 22.8. The molecule has 84 valence electrons. The molecule has 0 bridgehead atoms. The zero-order valence-electron chi connectivity index (χ0n) is 8.58. The minimum atomic E-state index is -2.03. The summed E-state index contributed by atoms with van der Waals surface area (Å²) < 4.78 is 0. The van der Waals surface area contributed by atoms with Crippen molar-refractivity contribution in [2.24, 2.45) is 0 Å². The SMILES string of the molecule is CN1C(=O)[C@](O)(C[N+](=O)[O-])c2ccccc21. The first-order valence-corrected chi connectivity index (χ1v) is 4.68. The molecule has 0 unspecified atom stereocenters. The Bertz CT molecular complexity index is 474. The lowest BCUT2D eigenvalue weighted by Crippen LogP contribution is -2.43. The van der Waals surface area contributed by atoms with Gasteiger partial charge in [-0.05, 0) is 6.07 Å². The number of amides is 1. The molecule has 1 aliphatic rings. The molecule has 6 heteroatoms. The fourth-order valence-electron chi connectivity index (χ4n) is 1.96. The van der Waals surface area contributed by atoms with E-state index in [-0.39, 0.29) is 0 Å². The van der Waals surface area contributed by atoms with Gasteiger partial charge in [0.15, 0.2) is 0 Å². The number of hydrogen-bond acceptors (Lipinski definition) is 4. The fourth-order valence-corrected chi connectivity index (χ4v) is 1.96. The molecular weight excluding hydrogens is 212 g/mol. The van der Waals surface area contributed by atoms with Crippen LogP contribution in [0.1, 0.15) is 5.56 Å². The Hall–Kier alpha value is -1.95. The highest BCUT2D eigenvalue weighted by atomic mass is 16.6. The lowest BCUT2D eigenvalue weighted by atomic mass is 9.96. The number of hydrogen-bond donors (Lipinski definition) is 1. The number of fused-ring (bicyclic) bond motifs is 1. The van der Waals surface area contributed by atoms with Gasteiger partial charge in [0.25, 0.3) is 5.91 Å². The summed E-state index contributed by atoms with van der Waals surface area (Å²) in [5, 5.41) is 20.6. The second-order valence-electron chi connectivity index (χ2n) is 3.73. The lowest BCUT2D eigenvalue weighted by Gasteiger charge is -2.16. The molecule has 1 amide bonds. The van der Waals surface area contributed by atoms with Gasteiger partial charge in [0.05, 0.1) is 5.69 Å². The van der Waals surface area contributed by atoms with E-state index < -0.39 is 23.0 Å². The lowest BCUT2D eigenvalue weighted by molar-refractivity contribution is -0.498. The molecule has 1 atom stereocenters. The van der Waals surface area contributed by atoms with Crippen molar-refractivity contribution >= 4 is 11.6 Å². The van der Waals surface area contributed by atoms with Gasteiger partial charge in [0.2, 0.25) is 12.1 Å². The van der Waals surface area contributed by atoms with Gasteiger partial charge in [-0.1, -0.05) is 18.2 Å². The van der Waals surface area contributed by atoms with Crippen LogP contribution in [0.2, 0.25) is 0 Å². The van der Waals surface area contributed by atoms with Crippen molar-refractivity contribution in [3.05, 3.63) is 39.9 Å². The molecule has 16 heavy (non-hydrogen) atoms. The van der Waals surface area contributed by atoms with Crippen molar-refractivity contribution < 1.29 is 14.8 Å². The Morgan fingerprint density at radius 2 is 2.12 bits per heavy atom. The standard InChI is InChI=1S/C10H10N2O4/c1-11-8-5-3-2-4-7(8)10(14,9(11)13)6-12(15)16/h2-5,14H,6H2,1H3/t10-/m0/s1. The molecule has 0 saturated carbocycles. The molecule has 0 fully saturated rings. The third-order valence-electron chi connectivity index (χ3n) is 2.73. The number of para-hydroxylation sites is 1. The van der Waals surface area contributed by atoms with E-state index in [9.17, 15) is 20.0 Å². The maximum Gasteiger partial charge on any atom is 0.270 e. The maximum atomic E-state index is 11.8. The van der Waals surface area contributed by atoms with Crippen molar-refractivity contribution in [1.82, 2.24) is 0 Å². The van der Waals surface area contributed by atoms with E-state index in [1.54, 1.807) is 18.2 Å². The third kappa shape index (κ3) is 1.27. The maximum absolute atomic E-state index is 11.8. The normalized spacial score (nSPS) is 23.4. The second-order valence-corrected chi connectivity index (χ2v) is 3.73. The van der Waals surface area contributed by atoms with Crippen LogP contribution in [0.5, 0.6) is 0 Å². The third-order valence-corrected chi connectivity index (χ3v) is 2.73. The summed E-state index contributed by atoms with van der Waals surface area (Å²) in [6.45, 7) is -0.812. The van der Waals surface area contributed by atoms with Crippen LogP contribution in [0.4, 0.5) is 5.69 Å². The van der Waals surface area contributed by atoms with Crippen LogP contribution in [-0.2, 0) is 10.4 Å². The number of benzene rings is 1. The van der Waals surface area contributed by atoms with Gasteiger partial charge >= 0.3 is 0 Å². The molecule has 0 saturated heterocycles. The quantitative estimate of drug-likeness (QED) is 0.569. The smallest absolute Gasteiger partial charge is 0.270 e. The van der Waals surface area contributed by atoms with E-state index >= 15 is 0 Å². The highest BCUT2D eigenvalue weighted by molar-refractivity contribution is 6.06. The monoisotopic (exact) mass is 222 g/mol. The van der Waals surface area contributed by atoms with Gasteiger partial charge in [-0.2, -0.15) is 0 Å². The number of rotatable bonds is 2. The van der Waals surface area contributed by atoms with Crippen LogP contribution in [0.15, 0.2) is 24.3 Å². The summed E-state index contributed by atoms with van der Waals surface area (Å²) in [6, 6.07) is 6.52. The summed E-state index contributed by atoms with van der Waals surface area (Å²) in [5.41, 5.74) is -1.23. The Labute approximate surface area is 91.3 Å². The van der Waals surface area contributed by atoms with Gasteiger partial charge in [0, 0.05) is 17.5 Å². The van der Waals surface area contributed by atoms with Crippen molar-refractivity contribution in [3.63, 3.8) is 0 Å². The van der Waals surface area contributed by atoms with Crippen LogP contribution in [0.25, 0.3) is 0 Å². The zero-order valence-corrected chi connectivity index (χ0v) is 8.58. The number of aliphatic hydroxyl groups is 1. The molecule has 1 aromatic carbocycles. The molecule has 0 spiro atoms. The topological polar surface area (TPSA) is 83.7 Å². The molecule has 2 rings (SSSR count). The number of anilines is 1. The highest BCUT2D eigenvalue weighted by Crippen LogP contribution is 2.39. The molecule has 1 aromatic rings. The molecule has 1 aliphatic heterocycles. The molecular formula is C10H10N2O4. The fraction of sp³-hybridized carbons (Fsp3) is 0.300. The van der Waals surface area contributed by atoms with Crippen molar-refractivity contribution in [1.29, 1.82) is 0 Å². The largest absolute Gasteiger partial charge is 0.370 e. The van der Waals surface area contributed by atoms with Crippen LogP contribution in [0, 0.1) is 10.1 Å². The summed E-state index contributed by atoms with van der Waals surface area (Å²) in [5.74, 6) is -0.662. The minimum Gasteiger partial charge on any atom is -0.370 e. The van der Waals surface area contributed by atoms with Crippen molar-refractivity contribution in [2.75, 3.05) is 18.5 Å². The number of likely N-dealkylation sites (N-methyl/N-ethyl adjacent to an activating group) is 1. The molecule has 0 aliphatic carbocycles. The first-order valence-electron chi connectivity index (χ1n) is 4.68. The first kappa shape index (κ1) is 10.6. The van der Waals surface area contributed by atoms with Crippen LogP contribution in [-0.4, -0.2) is 29.5 Å². The van der Waals surface area contributed by atoms with E-state index in [0.717, 1.165) is 0 Å². The minimum absolute atomic E-state index is 0.291. The average Bonchev–Trinajstić information content (AvgIpc) is 2.42. The number of nitro groups is 1. The molecule has 0 aromatic heterocycles. The van der Waals surface area contributed by atoms with E-state index in [1.165, 1.54) is 18.0 Å². The second kappa shape index (κ2) is 3.28. The van der Waals surface area contributed by atoms with Gasteiger partial charge < -0.3 is 10.0 Å². The summed E-state index contributed by atoms with van der Waals surface area (Å²) in [7, 11) is 1.49. The van der Waals surface area contributed by atoms with Gasteiger partial charge in [-0.25, -0.2) is 0 Å². The Balaban J connectivity index is 2.56. The molecule has 0 radical (unpaired) electrons. The summed E-state index contributed by atoms with van der Waals surface area (Å²) >= 11 is 0. The summed E-state index contributed by atoms with van der Waals surface area (Å²) in [6.07, 6.45) is 0. The van der Waals surface area contributed by atoms with E-state index in [4.69, 9.17) is 0 Å². The predicted molar refractivity (Wildman–Crippen MR) is 55.6 cm³/mol. The van der Waals surface area contributed by atoms with Crippen LogP contribution in [0.3, 0.4) is 0 Å². The van der Waals surface area contributed by atoms with E-state index in [1.807, 2.05) is 0 Å². The number of nitrogens with zero attached hydrogens (tertiary/aromatic N) is 2. The molecule has 6 nitrogen and oxygen atoms in total. The zero-order chi connectivity index (χ0) is 11.9. The van der Waals surface area contributed by atoms with Gasteiger partial charge in [0.1, 0.15) is 0 Å². The van der Waals surface area contributed by atoms with E-state index in [0.29, 0.717) is 11.3 Å². The Morgan fingerprint density at radius 3 is 2.75 bits per heavy atom. The van der Waals surface area contributed by atoms with Crippen LogP contribution < -0.4 is 4.90 Å². The average molecular weight is 222 g/mol. The highest BCUT2D eigenvalue weighted by Gasteiger charge is 2.52. The first-order chi connectivity index (χ1) is 7.47. The van der Waals surface area contributed by atoms with Crippen molar-refractivity contribution in [3.8, 4) is 0 Å².